The second kappa shape index (κ2) is 5.72. The van der Waals surface area contributed by atoms with Crippen molar-refractivity contribution in [2.75, 3.05) is 11.4 Å². The van der Waals surface area contributed by atoms with Gasteiger partial charge in [-0.2, -0.15) is 0 Å². The SMILES string of the molecule is CC1=CC(C)CC(C2CN=C(N)N2c2cccc(Cl)c2)C1. The van der Waals surface area contributed by atoms with Gasteiger partial charge in [0, 0.05) is 10.7 Å². The van der Waals surface area contributed by atoms with Gasteiger partial charge in [0.25, 0.3) is 0 Å². The van der Waals surface area contributed by atoms with Crippen LogP contribution in [0.4, 0.5) is 5.69 Å². The Kier molecular flexibility index (Phi) is 3.94. The highest BCUT2D eigenvalue weighted by molar-refractivity contribution is 6.30. The summed E-state index contributed by atoms with van der Waals surface area (Å²) in [5.41, 5.74) is 8.67. The molecule has 1 aliphatic heterocycles. The number of hydrogen-bond donors (Lipinski definition) is 1. The Balaban J connectivity index is 1.87. The number of guanidine groups is 1. The molecule has 0 aromatic heterocycles. The average molecular weight is 304 g/mol. The zero-order valence-corrected chi connectivity index (χ0v) is 13.3. The van der Waals surface area contributed by atoms with E-state index in [9.17, 15) is 0 Å². The van der Waals surface area contributed by atoms with Crippen molar-refractivity contribution in [1.82, 2.24) is 0 Å². The van der Waals surface area contributed by atoms with Crippen molar-refractivity contribution in [3.63, 3.8) is 0 Å². The Labute approximate surface area is 131 Å². The molecular formula is C17H22ClN3. The summed E-state index contributed by atoms with van der Waals surface area (Å²) >= 11 is 6.13. The molecule has 3 atom stereocenters. The van der Waals surface area contributed by atoms with Crippen molar-refractivity contribution in [1.29, 1.82) is 0 Å². The Morgan fingerprint density at radius 1 is 1.38 bits per heavy atom. The number of allylic oxidation sites excluding steroid dienone is 2. The smallest absolute Gasteiger partial charge is 0.196 e. The quantitative estimate of drug-likeness (QED) is 0.844. The summed E-state index contributed by atoms with van der Waals surface area (Å²) in [4.78, 5) is 6.66. The lowest BCUT2D eigenvalue weighted by atomic mass is 9.79. The molecule has 0 radical (unpaired) electrons. The summed E-state index contributed by atoms with van der Waals surface area (Å²) in [5, 5.41) is 0.735. The Morgan fingerprint density at radius 2 is 2.19 bits per heavy atom. The van der Waals surface area contributed by atoms with Crippen LogP contribution in [0.3, 0.4) is 0 Å². The van der Waals surface area contributed by atoms with E-state index in [-0.39, 0.29) is 0 Å². The molecule has 2 N–H and O–H groups in total. The standard InChI is InChI=1S/C17H22ClN3/c1-11-6-12(2)8-13(7-11)16-10-20-17(19)21(16)15-5-3-4-14(18)9-15/h3-6,9,11,13,16H,7-8,10H2,1-2H3,(H2,19,20). The minimum atomic E-state index is 0.342. The maximum Gasteiger partial charge on any atom is 0.196 e. The first-order chi connectivity index (χ1) is 10.0. The van der Waals surface area contributed by atoms with Crippen LogP contribution in [-0.2, 0) is 0 Å². The van der Waals surface area contributed by atoms with Gasteiger partial charge in [-0.15, -0.1) is 0 Å². The summed E-state index contributed by atoms with van der Waals surface area (Å²) < 4.78 is 0. The van der Waals surface area contributed by atoms with Gasteiger partial charge in [0.2, 0.25) is 0 Å². The maximum atomic E-state index is 6.15. The van der Waals surface area contributed by atoms with Crippen LogP contribution >= 0.6 is 11.6 Å². The van der Waals surface area contributed by atoms with Crippen molar-refractivity contribution < 1.29 is 0 Å². The third-order valence-electron chi connectivity index (χ3n) is 4.48. The highest BCUT2D eigenvalue weighted by Gasteiger charge is 2.35. The van der Waals surface area contributed by atoms with Crippen molar-refractivity contribution >= 4 is 23.2 Å². The van der Waals surface area contributed by atoms with Crippen molar-refractivity contribution in [3.05, 3.63) is 40.9 Å². The fraction of sp³-hybridized carbons (Fsp3) is 0.471. The van der Waals surface area contributed by atoms with Crippen LogP contribution in [0.1, 0.15) is 26.7 Å². The number of halogens is 1. The fourth-order valence-corrected chi connectivity index (χ4v) is 3.90. The molecule has 0 amide bonds. The molecule has 3 unspecified atom stereocenters. The summed E-state index contributed by atoms with van der Waals surface area (Å²) in [6, 6.07) is 8.22. The van der Waals surface area contributed by atoms with Crippen molar-refractivity contribution in [3.8, 4) is 0 Å². The number of nitrogens with zero attached hydrogens (tertiary/aromatic N) is 2. The molecule has 1 heterocycles. The summed E-state index contributed by atoms with van der Waals surface area (Å²) in [6.45, 7) is 5.30. The molecule has 1 aromatic carbocycles. The molecule has 21 heavy (non-hydrogen) atoms. The molecule has 0 spiro atoms. The van der Waals surface area contributed by atoms with E-state index in [4.69, 9.17) is 17.3 Å². The van der Waals surface area contributed by atoms with E-state index in [1.54, 1.807) is 0 Å². The average Bonchev–Trinajstić information content (AvgIpc) is 2.79. The normalized spacial score (nSPS) is 29.3. The first-order valence-corrected chi connectivity index (χ1v) is 7.94. The molecule has 0 bridgehead atoms. The molecule has 0 fully saturated rings. The van der Waals surface area contributed by atoms with E-state index in [1.807, 2.05) is 18.2 Å². The van der Waals surface area contributed by atoms with E-state index < -0.39 is 0 Å². The molecule has 0 saturated heterocycles. The third kappa shape index (κ3) is 2.93. The molecule has 1 aromatic rings. The van der Waals surface area contributed by atoms with E-state index >= 15 is 0 Å². The number of aliphatic imine (C=N–C) groups is 1. The monoisotopic (exact) mass is 303 g/mol. The molecule has 2 aliphatic rings. The first kappa shape index (κ1) is 14.5. The number of rotatable bonds is 2. The van der Waals surface area contributed by atoms with Gasteiger partial charge >= 0.3 is 0 Å². The highest BCUT2D eigenvalue weighted by Crippen LogP contribution is 2.36. The lowest BCUT2D eigenvalue weighted by Gasteiger charge is -2.36. The number of nitrogens with two attached hydrogens (primary N) is 1. The third-order valence-corrected chi connectivity index (χ3v) is 4.71. The van der Waals surface area contributed by atoms with Crippen LogP contribution in [-0.4, -0.2) is 18.5 Å². The Bertz CT molecular complexity index is 593. The predicted octanol–water partition coefficient (Wildman–Crippen LogP) is 3.84. The number of hydrogen-bond acceptors (Lipinski definition) is 3. The fourth-order valence-electron chi connectivity index (χ4n) is 3.71. The second-order valence-corrected chi connectivity index (χ2v) is 6.74. The second-order valence-electron chi connectivity index (χ2n) is 6.31. The first-order valence-electron chi connectivity index (χ1n) is 7.56. The summed E-state index contributed by atoms with van der Waals surface area (Å²) in [7, 11) is 0. The topological polar surface area (TPSA) is 41.6 Å². The number of anilines is 1. The van der Waals surface area contributed by atoms with Crippen molar-refractivity contribution in [2.45, 2.75) is 32.7 Å². The van der Waals surface area contributed by atoms with Gasteiger partial charge in [-0.25, -0.2) is 0 Å². The van der Waals surface area contributed by atoms with Crippen LogP contribution in [0.2, 0.25) is 5.02 Å². The summed E-state index contributed by atoms with van der Waals surface area (Å²) in [6.07, 6.45) is 4.72. The van der Waals surface area contributed by atoms with Gasteiger partial charge in [0.1, 0.15) is 0 Å². The minimum absolute atomic E-state index is 0.342. The molecule has 112 valence electrons. The van der Waals surface area contributed by atoms with Crippen LogP contribution in [0.25, 0.3) is 0 Å². The zero-order chi connectivity index (χ0) is 15.0. The van der Waals surface area contributed by atoms with Gasteiger partial charge in [0.05, 0.1) is 12.6 Å². The van der Waals surface area contributed by atoms with E-state index in [1.165, 1.54) is 12.0 Å². The van der Waals surface area contributed by atoms with Gasteiger partial charge in [-0.3, -0.25) is 4.99 Å². The van der Waals surface area contributed by atoms with Gasteiger partial charge < -0.3 is 10.6 Å². The van der Waals surface area contributed by atoms with E-state index in [0.29, 0.717) is 23.8 Å². The van der Waals surface area contributed by atoms with Gasteiger partial charge in [-0.1, -0.05) is 36.2 Å². The Morgan fingerprint density at radius 3 is 2.90 bits per heavy atom. The van der Waals surface area contributed by atoms with Crippen molar-refractivity contribution in [2.24, 2.45) is 22.6 Å². The highest BCUT2D eigenvalue weighted by atomic mass is 35.5. The minimum Gasteiger partial charge on any atom is -0.370 e. The number of benzene rings is 1. The molecule has 4 heteroatoms. The molecule has 0 saturated carbocycles. The van der Waals surface area contributed by atoms with Crippen LogP contribution in [0.5, 0.6) is 0 Å². The lowest BCUT2D eigenvalue weighted by molar-refractivity contribution is 0.350. The van der Waals surface area contributed by atoms with Crippen LogP contribution in [0, 0.1) is 11.8 Å². The maximum absolute atomic E-state index is 6.15. The Hall–Kier alpha value is -1.48. The van der Waals surface area contributed by atoms with E-state index in [2.05, 4.69) is 35.9 Å². The molecular weight excluding hydrogens is 282 g/mol. The van der Waals surface area contributed by atoms with Gasteiger partial charge in [0.15, 0.2) is 5.96 Å². The molecule has 1 aliphatic carbocycles. The largest absolute Gasteiger partial charge is 0.370 e. The van der Waals surface area contributed by atoms with Gasteiger partial charge in [-0.05, 0) is 49.8 Å². The predicted molar refractivity (Wildman–Crippen MR) is 89.9 cm³/mol. The summed E-state index contributed by atoms with van der Waals surface area (Å²) in [5.74, 6) is 1.84. The zero-order valence-electron chi connectivity index (χ0n) is 12.6. The van der Waals surface area contributed by atoms with Crippen LogP contribution < -0.4 is 10.6 Å². The molecule has 3 nitrogen and oxygen atoms in total. The lowest BCUT2D eigenvalue weighted by Crippen LogP contribution is -2.45. The van der Waals surface area contributed by atoms with E-state index in [0.717, 1.165) is 23.7 Å². The van der Waals surface area contributed by atoms with Crippen LogP contribution in [0.15, 0.2) is 40.9 Å². The molecule has 3 rings (SSSR count).